The van der Waals surface area contributed by atoms with Crippen molar-refractivity contribution in [2.45, 2.75) is 19.5 Å². The van der Waals surface area contributed by atoms with Gasteiger partial charge in [0.15, 0.2) is 0 Å². The van der Waals surface area contributed by atoms with Crippen LogP contribution >= 0.6 is 0 Å². The van der Waals surface area contributed by atoms with Crippen LogP contribution in [0.5, 0.6) is 0 Å². The lowest BCUT2D eigenvalue weighted by Gasteiger charge is -2.11. The second-order valence-electron chi connectivity index (χ2n) is 6.17. The van der Waals surface area contributed by atoms with E-state index in [2.05, 4.69) is 15.6 Å². The van der Waals surface area contributed by atoms with Gasteiger partial charge < -0.3 is 10.6 Å². The van der Waals surface area contributed by atoms with Gasteiger partial charge in [0.05, 0.1) is 23.0 Å². The normalized spacial score (nSPS) is 11.1. The Morgan fingerprint density at radius 1 is 0.964 bits per heavy atom. The number of benzene rings is 2. The van der Waals surface area contributed by atoms with Gasteiger partial charge in [-0.05, 0) is 48.4 Å². The molecule has 1 aromatic heterocycles. The summed E-state index contributed by atoms with van der Waals surface area (Å²) >= 11 is 0. The van der Waals surface area contributed by atoms with Crippen molar-refractivity contribution in [1.29, 1.82) is 0 Å². The first-order chi connectivity index (χ1) is 13.3. The molecule has 4 nitrogen and oxygen atoms in total. The van der Waals surface area contributed by atoms with Crippen LogP contribution in [0.1, 0.15) is 28.4 Å². The summed E-state index contributed by atoms with van der Waals surface area (Å²) in [7, 11) is 0. The number of hydrogen-bond donors (Lipinski definition) is 2. The van der Waals surface area contributed by atoms with Gasteiger partial charge in [0, 0.05) is 17.6 Å². The van der Waals surface area contributed by atoms with Crippen molar-refractivity contribution in [3.05, 3.63) is 83.7 Å². The molecule has 144 valence electrons. The molecule has 28 heavy (non-hydrogen) atoms. The number of alkyl halides is 3. The van der Waals surface area contributed by atoms with Crippen LogP contribution in [0.25, 0.3) is 0 Å². The smallest absolute Gasteiger partial charge is 0.354 e. The molecule has 0 atom stereocenters. The summed E-state index contributed by atoms with van der Waals surface area (Å²) < 4.78 is 38.5. The van der Waals surface area contributed by atoms with Gasteiger partial charge in [-0.15, -0.1) is 0 Å². The van der Waals surface area contributed by atoms with Crippen molar-refractivity contribution in [2.24, 2.45) is 0 Å². The van der Waals surface area contributed by atoms with Crippen molar-refractivity contribution in [3.8, 4) is 0 Å². The fraction of sp³-hybridized carbons (Fsp3) is 0.143. The number of rotatable bonds is 5. The summed E-state index contributed by atoms with van der Waals surface area (Å²) in [6.45, 7) is 2.04. The molecule has 0 unspecified atom stereocenters. The third-order valence-corrected chi connectivity index (χ3v) is 4.10. The highest BCUT2D eigenvalue weighted by Crippen LogP contribution is 2.31. The number of halogens is 3. The minimum Gasteiger partial charge on any atom is -0.354 e. The molecule has 0 spiro atoms. The summed E-state index contributed by atoms with van der Waals surface area (Å²) in [6.07, 6.45) is -0.688. The van der Waals surface area contributed by atoms with E-state index in [4.69, 9.17) is 0 Å². The quantitative estimate of drug-likeness (QED) is 0.596. The molecule has 2 aromatic carbocycles. The summed E-state index contributed by atoms with van der Waals surface area (Å²) in [5.41, 5.74) is 2.01. The number of aromatic nitrogens is 1. The average Bonchev–Trinajstić information content (AvgIpc) is 2.68. The Kier molecular flexibility index (Phi) is 5.63. The first kappa shape index (κ1) is 19.4. The van der Waals surface area contributed by atoms with Crippen molar-refractivity contribution < 1.29 is 18.0 Å². The highest BCUT2D eigenvalue weighted by atomic mass is 19.4. The van der Waals surface area contributed by atoms with Crippen LogP contribution in [0, 0.1) is 0 Å². The molecule has 0 radical (unpaired) electrons. The van der Waals surface area contributed by atoms with E-state index in [1.807, 2.05) is 31.2 Å². The van der Waals surface area contributed by atoms with Gasteiger partial charge in [-0.3, -0.25) is 9.78 Å². The highest BCUT2D eigenvalue weighted by molar-refractivity contribution is 6.04. The molecule has 3 rings (SSSR count). The van der Waals surface area contributed by atoms with Gasteiger partial charge in [-0.2, -0.15) is 13.2 Å². The highest BCUT2D eigenvalue weighted by Gasteiger charge is 2.30. The SMILES string of the molecule is CCc1ccc(NC(=O)c2cncc(Nc3cccc(C(F)(F)F)c3)c2)cc1. The fourth-order valence-corrected chi connectivity index (χ4v) is 2.60. The third-order valence-electron chi connectivity index (χ3n) is 4.10. The lowest BCUT2D eigenvalue weighted by atomic mass is 10.1. The van der Waals surface area contributed by atoms with Gasteiger partial charge >= 0.3 is 6.18 Å². The number of carbonyl (C=O) groups is 1. The van der Waals surface area contributed by atoms with E-state index in [0.29, 0.717) is 11.4 Å². The van der Waals surface area contributed by atoms with Crippen molar-refractivity contribution in [2.75, 3.05) is 10.6 Å². The Hall–Kier alpha value is -3.35. The number of anilines is 3. The second-order valence-corrected chi connectivity index (χ2v) is 6.17. The molecular weight excluding hydrogens is 367 g/mol. The van der Waals surface area contributed by atoms with Crippen LogP contribution in [0.2, 0.25) is 0 Å². The Labute approximate surface area is 160 Å². The van der Waals surface area contributed by atoms with Crippen molar-refractivity contribution in [1.82, 2.24) is 4.98 Å². The van der Waals surface area contributed by atoms with E-state index in [0.717, 1.165) is 24.1 Å². The zero-order valence-corrected chi connectivity index (χ0v) is 15.0. The number of aryl methyl sites for hydroxylation is 1. The third kappa shape index (κ3) is 4.88. The van der Waals surface area contributed by atoms with E-state index >= 15 is 0 Å². The molecule has 1 amide bonds. The molecular formula is C21H18F3N3O. The lowest BCUT2D eigenvalue weighted by molar-refractivity contribution is -0.137. The molecule has 0 saturated carbocycles. The van der Waals surface area contributed by atoms with Crippen LogP contribution in [-0.4, -0.2) is 10.9 Å². The van der Waals surface area contributed by atoms with E-state index in [9.17, 15) is 18.0 Å². The summed E-state index contributed by atoms with van der Waals surface area (Å²) in [5, 5.41) is 5.62. The molecule has 0 aliphatic carbocycles. The Balaban J connectivity index is 1.74. The molecule has 7 heteroatoms. The van der Waals surface area contributed by atoms with Crippen molar-refractivity contribution >= 4 is 23.0 Å². The average molecular weight is 385 g/mol. The minimum atomic E-state index is -4.43. The first-order valence-electron chi connectivity index (χ1n) is 8.65. The predicted molar refractivity (Wildman–Crippen MR) is 103 cm³/mol. The molecule has 0 fully saturated rings. The molecule has 0 bridgehead atoms. The zero-order chi connectivity index (χ0) is 20.1. The Morgan fingerprint density at radius 2 is 1.71 bits per heavy atom. The first-order valence-corrected chi connectivity index (χ1v) is 8.65. The molecule has 0 aliphatic heterocycles. The minimum absolute atomic E-state index is 0.254. The van der Waals surface area contributed by atoms with Gasteiger partial charge in [-0.25, -0.2) is 0 Å². The summed E-state index contributed by atoms with van der Waals surface area (Å²) in [6, 6.07) is 13.8. The summed E-state index contributed by atoms with van der Waals surface area (Å²) in [5.74, 6) is -0.357. The van der Waals surface area contributed by atoms with E-state index in [1.165, 1.54) is 30.6 Å². The number of nitrogens with zero attached hydrogens (tertiary/aromatic N) is 1. The zero-order valence-electron chi connectivity index (χ0n) is 15.0. The number of pyridine rings is 1. The molecule has 0 aliphatic rings. The topological polar surface area (TPSA) is 54.0 Å². The monoisotopic (exact) mass is 385 g/mol. The van der Waals surface area contributed by atoms with Crippen LogP contribution in [0.3, 0.4) is 0 Å². The molecule has 2 N–H and O–H groups in total. The standard InChI is InChI=1S/C21H18F3N3O/c1-2-14-6-8-17(9-7-14)27-20(28)15-10-19(13-25-12-15)26-18-5-3-4-16(11-18)21(22,23)24/h3-13,26H,2H2,1H3,(H,27,28). The molecule has 3 aromatic rings. The molecule has 1 heterocycles. The van der Waals surface area contributed by atoms with Gasteiger partial charge in [0.1, 0.15) is 0 Å². The number of hydrogen-bond acceptors (Lipinski definition) is 3. The van der Waals surface area contributed by atoms with E-state index < -0.39 is 11.7 Å². The maximum Gasteiger partial charge on any atom is 0.416 e. The van der Waals surface area contributed by atoms with Gasteiger partial charge in [0.25, 0.3) is 5.91 Å². The van der Waals surface area contributed by atoms with Gasteiger partial charge in [0.2, 0.25) is 0 Å². The van der Waals surface area contributed by atoms with E-state index in [1.54, 1.807) is 0 Å². The van der Waals surface area contributed by atoms with E-state index in [-0.39, 0.29) is 17.2 Å². The van der Waals surface area contributed by atoms with Crippen LogP contribution in [0.15, 0.2) is 67.0 Å². The Morgan fingerprint density at radius 3 is 2.39 bits per heavy atom. The van der Waals surface area contributed by atoms with Crippen LogP contribution in [0.4, 0.5) is 30.2 Å². The number of nitrogens with one attached hydrogen (secondary N) is 2. The predicted octanol–water partition coefficient (Wildman–Crippen LogP) is 5.66. The second kappa shape index (κ2) is 8.12. The van der Waals surface area contributed by atoms with Crippen molar-refractivity contribution in [3.63, 3.8) is 0 Å². The molecule has 0 saturated heterocycles. The maximum atomic E-state index is 12.8. The van der Waals surface area contributed by atoms with Crippen LogP contribution in [-0.2, 0) is 12.6 Å². The Bertz CT molecular complexity index is 969. The number of carbonyl (C=O) groups excluding carboxylic acids is 1. The summed E-state index contributed by atoms with van der Waals surface area (Å²) in [4.78, 5) is 16.4. The largest absolute Gasteiger partial charge is 0.416 e. The van der Waals surface area contributed by atoms with Gasteiger partial charge in [-0.1, -0.05) is 25.1 Å². The maximum absolute atomic E-state index is 12.8. The van der Waals surface area contributed by atoms with Crippen LogP contribution < -0.4 is 10.6 Å². The number of amides is 1. The fourth-order valence-electron chi connectivity index (χ4n) is 2.60. The lowest BCUT2D eigenvalue weighted by Crippen LogP contribution is -2.12.